The second kappa shape index (κ2) is 7.86. The highest BCUT2D eigenvalue weighted by atomic mass is 16.5. The second-order valence-electron chi connectivity index (χ2n) is 4.65. The van der Waals surface area contributed by atoms with E-state index in [1.54, 1.807) is 24.4 Å². The highest BCUT2D eigenvalue weighted by Gasteiger charge is 2.10. The normalized spacial score (nSPS) is 16.8. The number of pyridine rings is 1. The first kappa shape index (κ1) is 14.0. The van der Waals surface area contributed by atoms with E-state index in [1.807, 2.05) is 0 Å². The van der Waals surface area contributed by atoms with Gasteiger partial charge in [0.1, 0.15) is 5.69 Å². The zero-order chi connectivity index (χ0) is 13.3. The van der Waals surface area contributed by atoms with E-state index in [1.165, 1.54) is 6.42 Å². The van der Waals surface area contributed by atoms with Crippen molar-refractivity contribution in [2.24, 2.45) is 0 Å². The lowest BCUT2D eigenvalue weighted by Crippen LogP contribution is -2.29. The Labute approximate surface area is 114 Å². The lowest BCUT2D eigenvalue weighted by molar-refractivity contribution is 0.0482. The van der Waals surface area contributed by atoms with E-state index in [9.17, 15) is 4.79 Å². The third-order valence-corrected chi connectivity index (χ3v) is 3.16. The summed E-state index contributed by atoms with van der Waals surface area (Å²) in [6.45, 7) is 5.80. The Morgan fingerprint density at radius 2 is 2.32 bits per heavy atom. The van der Waals surface area contributed by atoms with Gasteiger partial charge in [0.05, 0.1) is 6.61 Å². The van der Waals surface area contributed by atoms with Crippen LogP contribution < -0.4 is 5.32 Å². The molecule has 1 aromatic rings. The predicted molar refractivity (Wildman–Crippen MR) is 73.1 cm³/mol. The van der Waals surface area contributed by atoms with Crippen molar-refractivity contribution < 1.29 is 9.53 Å². The summed E-state index contributed by atoms with van der Waals surface area (Å²) in [7, 11) is 0. The molecule has 1 fully saturated rings. The molecule has 5 nitrogen and oxygen atoms in total. The van der Waals surface area contributed by atoms with Gasteiger partial charge in [0.15, 0.2) is 0 Å². The molecule has 2 heterocycles. The van der Waals surface area contributed by atoms with Crippen LogP contribution in [0, 0.1) is 0 Å². The summed E-state index contributed by atoms with van der Waals surface area (Å²) < 4.78 is 5.21. The molecule has 0 spiro atoms. The number of hydrogen-bond donors (Lipinski definition) is 1. The topological polar surface area (TPSA) is 54.5 Å². The van der Waals surface area contributed by atoms with Gasteiger partial charge in [-0.05, 0) is 38.1 Å². The second-order valence-corrected chi connectivity index (χ2v) is 4.65. The zero-order valence-electron chi connectivity index (χ0n) is 11.2. The van der Waals surface area contributed by atoms with Gasteiger partial charge < -0.3 is 15.0 Å². The van der Waals surface area contributed by atoms with Crippen molar-refractivity contribution in [2.75, 3.05) is 39.3 Å². The Hall–Kier alpha value is -1.46. The molecule has 2 rings (SSSR count). The van der Waals surface area contributed by atoms with Crippen LogP contribution in [0.15, 0.2) is 24.4 Å². The fourth-order valence-corrected chi connectivity index (χ4v) is 2.14. The van der Waals surface area contributed by atoms with Gasteiger partial charge in [-0.2, -0.15) is 0 Å². The fraction of sp³-hybridized carbons (Fsp3) is 0.571. The molecule has 0 aliphatic carbocycles. The SMILES string of the molecule is O=C(OCCCN1CCCNCC1)c1ccccn1. The summed E-state index contributed by atoms with van der Waals surface area (Å²) in [5.41, 5.74) is 0.376. The molecule has 104 valence electrons. The molecule has 5 heteroatoms. The number of hydrogen-bond acceptors (Lipinski definition) is 5. The van der Waals surface area contributed by atoms with Crippen LogP contribution in [0.4, 0.5) is 0 Å². The third-order valence-electron chi connectivity index (χ3n) is 3.16. The Balaban J connectivity index is 1.62. The van der Waals surface area contributed by atoms with Crippen LogP contribution in [0.25, 0.3) is 0 Å². The maximum absolute atomic E-state index is 11.6. The maximum atomic E-state index is 11.6. The van der Waals surface area contributed by atoms with Crippen LogP contribution in [0.3, 0.4) is 0 Å². The average molecular weight is 263 g/mol. The molecule has 19 heavy (non-hydrogen) atoms. The maximum Gasteiger partial charge on any atom is 0.356 e. The van der Waals surface area contributed by atoms with Crippen molar-refractivity contribution in [1.29, 1.82) is 0 Å². The van der Waals surface area contributed by atoms with Gasteiger partial charge in [0.2, 0.25) is 0 Å². The molecule has 1 aliphatic heterocycles. The third kappa shape index (κ3) is 4.96. The molecule has 1 saturated heterocycles. The van der Waals surface area contributed by atoms with Crippen LogP contribution in [-0.2, 0) is 4.74 Å². The summed E-state index contributed by atoms with van der Waals surface area (Å²) in [6, 6.07) is 5.24. The van der Waals surface area contributed by atoms with E-state index in [0.717, 1.165) is 39.1 Å². The Bertz CT molecular complexity index is 376. The summed E-state index contributed by atoms with van der Waals surface area (Å²) >= 11 is 0. The van der Waals surface area contributed by atoms with Gasteiger partial charge in [-0.25, -0.2) is 9.78 Å². The summed E-state index contributed by atoms with van der Waals surface area (Å²) in [5, 5.41) is 3.37. The minimum Gasteiger partial charge on any atom is -0.461 e. The van der Waals surface area contributed by atoms with Crippen molar-refractivity contribution in [3.8, 4) is 0 Å². The van der Waals surface area contributed by atoms with E-state index >= 15 is 0 Å². The molecule has 0 bridgehead atoms. The average Bonchev–Trinajstić information content (AvgIpc) is 2.73. The molecule has 0 atom stereocenters. The fourth-order valence-electron chi connectivity index (χ4n) is 2.14. The Morgan fingerprint density at radius 3 is 3.16 bits per heavy atom. The smallest absolute Gasteiger partial charge is 0.356 e. The molecule has 0 radical (unpaired) electrons. The largest absolute Gasteiger partial charge is 0.461 e. The summed E-state index contributed by atoms with van der Waals surface area (Å²) in [5.74, 6) is -0.335. The molecule has 0 saturated carbocycles. The van der Waals surface area contributed by atoms with Crippen LogP contribution in [0.2, 0.25) is 0 Å². The molecule has 1 N–H and O–H groups in total. The van der Waals surface area contributed by atoms with Crippen LogP contribution in [0.5, 0.6) is 0 Å². The summed E-state index contributed by atoms with van der Waals surface area (Å²) in [4.78, 5) is 18.0. The van der Waals surface area contributed by atoms with E-state index in [-0.39, 0.29) is 5.97 Å². The quantitative estimate of drug-likeness (QED) is 0.632. The van der Waals surface area contributed by atoms with Gasteiger partial charge >= 0.3 is 5.97 Å². The molecule has 0 amide bonds. The van der Waals surface area contributed by atoms with Gasteiger partial charge in [-0.1, -0.05) is 6.07 Å². The van der Waals surface area contributed by atoms with Gasteiger partial charge in [-0.15, -0.1) is 0 Å². The van der Waals surface area contributed by atoms with Crippen molar-refractivity contribution in [1.82, 2.24) is 15.2 Å². The number of nitrogens with zero attached hydrogens (tertiary/aromatic N) is 2. The van der Waals surface area contributed by atoms with E-state index in [0.29, 0.717) is 12.3 Å². The van der Waals surface area contributed by atoms with Crippen molar-refractivity contribution in [3.05, 3.63) is 30.1 Å². The van der Waals surface area contributed by atoms with Gasteiger partial charge in [-0.3, -0.25) is 0 Å². The van der Waals surface area contributed by atoms with Gasteiger partial charge in [0, 0.05) is 25.8 Å². The monoisotopic (exact) mass is 263 g/mol. The number of rotatable bonds is 5. The highest BCUT2D eigenvalue weighted by Crippen LogP contribution is 2.00. The van der Waals surface area contributed by atoms with Crippen molar-refractivity contribution in [2.45, 2.75) is 12.8 Å². The Morgan fingerprint density at radius 1 is 1.37 bits per heavy atom. The number of carbonyl (C=O) groups is 1. The first-order chi connectivity index (χ1) is 9.36. The predicted octanol–water partition coefficient (Wildman–Crippen LogP) is 0.924. The van der Waals surface area contributed by atoms with Gasteiger partial charge in [0.25, 0.3) is 0 Å². The number of nitrogens with one attached hydrogen (secondary N) is 1. The molecule has 1 aromatic heterocycles. The molecular weight excluding hydrogens is 242 g/mol. The highest BCUT2D eigenvalue weighted by molar-refractivity contribution is 5.87. The first-order valence-corrected chi connectivity index (χ1v) is 6.87. The van der Waals surface area contributed by atoms with Crippen LogP contribution >= 0.6 is 0 Å². The summed E-state index contributed by atoms with van der Waals surface area (Å²) in [6.07, 6.45) is 3.66. The molecule has 1 aliphatic rings. The minimum atomic E-state index is -0.335. The van der Waals surface area contributed by atoms with Crippen LogP contribution in [0.1, 0.15) is 23.3 Å². The lowest BCUT2D eigenvalue weighted by atomic mass is 10.3. The Kier molecular flexibility index (Phi) is 5.78. The van der Waals surface area contributed by atoms with Crippen molar-refractivity contribution in [3.63, 3.8) is 0 Å². The van der Waals surface area contributed by atoms with Crippen molar-refractivity contribution >= 4 is 5.97 Å². The standard InChI is InChI=1S/C14H21N3O2/c18-14(13-5-1-2-7-16-13)19-12-4-10-17-9-3-6-15-8-11-17/h1-2,5,7,15H,3-4,6,8-12H2. The first-order valence-electron chi connectivity index (χ1n) is 6.87. The zero-order valence-corrected chi connectivity index (χ0v) is 11.2. The molecular formula is C14H21N3O2. The van der Waals surface area contributed by atoms with Crippen LogP contribution in [-0.4, -0.2) is 55.2 Å². The van der Waals surface area contributed by atoms with E-state index < -0.39 is 0 Å². The molecule has 0 unspecified atom stereocenters. The number of esters is 1. The lowest BCUT2D eigenvalue weighted by Gasteiger charge is -2.18. The van der Waals surface area contributed by atoms with E-state index in [2.05, 4.69) is 15.2 Å². The number of ether oxygens (including phenoxy) is 1. The number of carbonyl (C=O) groups excluding carboxylic acids is 1. The van der Waals surface area contributed by atoms with E-state index in [4.69, 9.17) is 4.74 Å². The number of aromatic nitrogens is 1. The molecule has 0 aromatic carbocycles. The minimum absolute atomic E-state index is 0.335.